The van der Waals surface area contributed by atoms with Crippen molar-refractivity contribution in [3.05, 3.63) is 94.5 Å². The van der Waals surface area contributed by atoms with Gasteiger partial charge in [-0.15, -0.1) is 0 Å². The number of hydrogen-bond donors (Lipinski definition) is 1. The molecule has 2 heterocycles. The minimum atomic E-state index is -0.555. The lowest BCUT2D eigenvalue weighted by molar-refractivity contribution is 0.0464. The number of pyridine rings is 1. The minimum absolute atomic E-state index is 0.179. The Labute approximate surface area is 200 Å². The third kappa shape index (κ3) is 4.29. The summed E-state index contributed by atoms with van der Waals surface area (Å²) in [4.78, 5) is 37.3. The molecule has 0 spiro atoms. The summed E-state index contributed by atoms with van der Waals surface area (Å²) in [6.07, 6.45) is 0. The zero-order chi connectivity index (χ0) is 24.4. The Kier molecular flexibility index (Phi) is 5.85. The Morgan fingerprint density at radius 1 is 0.829 bits per heavy atom. The van der Waals surface area contributed by atoms with E-state index in [-0.39, 0.29) is 18.0 Å². The first-order valence-electron chi connectivity index (χ1n) is 10.8. The molecule has 0 unspecified atom stereocenters. The first kappa shape index (κ1) is 22.1. The molecule has 5 rings (SSSR count). The van der Waals surface area contributed by atoms with E-state index < -0.39 is 5.97 Å². The zero-order valence-corrected chi connectivity index (χ0v) is 19.1. The molecule has 0 saturated heterocycles. The van der Waals surface area contributed by atoms with Crippen LogP contribution in [0.5, 0.6) is 11.5 Å². The first-order valence-corrected chi connectivity index (χ1v) is 10.8. The second-order valence-electron chi connectivity index (χ2n) is 7.75. The molecule has 0 aliphatic rings. The number of benzene rings is 3. The average molecular weight is 467 g/mol. The van der Waals surface area contributed by atoms with Crippen molar-refractivity contribution in [1.82, 2.24) is 15.0 Å². The van der Waals surface area contributed by atoms with Crippen LogP contribution in [0.15, 0.2) is 77.6 Å². The van der Waals surface area contributed by atoms with Gasteiger partial charge in [-0.3, -0.25) is 4.79 Å². The molecule has 0 atom stereocenters. The molecule has 8 nitrogen and oxygen atoms in total. The molecule has 0 aliphatic carbocycles. The molecule has 0 aliphatic heterocycles. The predicted octanol–water partition coefficient (Wildman–Crippen LogP) is 4.51. The van der Waals surface area contributed by atoms with Gasteiger partial charge < -0.3 is 19.2 Å². The highest BCUT2D eigenvalue weighted by atomic mass is 16.5. The minimum Gasteiger partial charge on any atom is -0.493 e. The lowest BCUT2D eigenvalue weighted by atomic mass is 10.0. The fourth-order valence-electron chi connectivity index (χ4n) is 3.90. The smallest absolute Gasteiger partial charge is 0.339 e. The van der Waals surface area contributed by atoms with Crippen molar-refractivity contribution in [2.75, 3.05) is 14.2 Å². The lowest BCUT2D eigenvalue weighted by Gasteiger charge is -2.12. The molecule has 0 saturated carbocycles. The maximum absolute atomic E-state index is 13.2. The summed E-state index contributed by atoms with van der Waals surface area (Å²) in [5.74, 6) is 0.852. The van der Waals surface area contributed by atoms with Crippen molar-refractivity contribution < 1.29 is 19.0 Å². The number of methoxy groups -OCH3 is 2. The highest BCUT2D eigenvalue weighted by Gasteiger charge is 2.17. The summed E-state index contributed by atoms with van der Waals surface area (Å²) in [6, 6.07) is 21.4. The van der Waals surface area contributed by atoms with Crippen LogP contribution in [0.25, 0.3) is 33.1 Å². The number of carbonyl (C=O) groups is 1. The van der Waals surface area contributed by atoms with Crippen molar-refractivity contribution in [2.24, 2.45) is 0 Å². The van der Waals surface area contributed by atoms with Crippen LogP contribution in [-0.4, -0.2) is 35.1 Å². The van der Waals surface area contributed by atoms with E-state index in [9.17, 15) is 9.59 Å². The van der Waals surface area contributed by atoms with Gasteiger partial charge in [0.2, 0.25) is 0 Å². The Balaban J connectivity index is 1.50. The predicted molar refractivity (Wildman–Crippen MR) is 132 cm³/mol. The maximum Gasteiger partial charge on any atom is 0.339 e. The molecule has 174 valence electrons. The second-order valence-corrected chi connectivity index (χ2v) is 7.75. The molecule has 2 aromatic heterocycles. The SMILES string of the molecule is COc1ccc(-c2cc(C(=O)OCc3nc4ccccc4c(=O)[nH]3)c3ccccc3n2)cc1OC. The Hall–Kier alpha value is -4.72. The van der Waals surface area contributed by atoms with Gasteiger partial charge in [0.1, 0.15) is 12.4 Å². The van der Waals surface area contributed by atoms with Gasteiger partial charge in [0, 0.05) is 10.9 Å². The monoisotopic (exact) mass is 467 g/mol. The lowest BCUT2D eigenvalue weighted by Crippen LogP contribution is -2.14. The van der Waals surface area contributed by atoms with Gasteiger partial charge >= 0.3 is 5.97 Å². The van der Waals surface area contributed by atoms with E-state index in [2.05, 4.69) is 9.97 Å². The molecule has 0 bridgehead atoms. The molecule has 0 amide bonds. The number of aromatic amines is 1. The number of esters is 1. The van der Waals surface area contributed by atoms with Crippen LogP contribution in [-0.2, 0) is 11.3 Å². The van der Waals surface area contributed by atoms with Gasteiger partial charge in [0.25, 0.3) is 5.56 Å². The van der Waals surface area contributed by atoms with Crippen LogP contribution in [0.3, 0.4) is 0 Å². The number of carbonyl (C=O) groups excluding carboxylic acids is 1. The standard InChI is InChI=1S/C27H21N3O5/c1-33-23-12-11-16(13-24(23)34-2)22-14-19(17-7-3-5-9-20(17)28-22)27(32)35-15-25-29-21-10-6-4-8-18(21)26(31)30-25/h3-14H,15H2,1-2H3,(H,29,30,31). The number of rotatable bonds is 6. The van der Waals surface area contributed by atoms with Crippen LogP contribution in [0, 0.1) is 0 Å². The number of nitrogens with one attached hydrogen (secondary N) is 1. The van der Waals surface area contributed by atoms with E-state index in [4.69, 9.17) is 19.2 Å². The number of hydrogen-bond acceptors (Lipinski definition) is 7. The fraction of sp³-hybridized carbons (Fsp3) is 0.111. The maximum atomic E-state index is 13.2. The van der Waals surface area contributed by atoms with Crippen LogP contribution in [0.2, 0.25) is 0 Å². The number of para-hydroxylation sites is 2. The summed E-state index contributed by atoms with van der Waals surface area (Å²) in [7, 11) is 3.13. The Bertz CT molecular complexity index is 1630. The number of fused-ring (bicyclic) bond motifs is 2. The van der Waals surface area contributed by atoms with Gasteiger partial charge in [0.05, 0.1) is 41.9 Å². The highest BCUT2D eigenvalue weighted by Crippen LogP contribution is 2.33. The van der Waals surface area contributed by atoms with E-state index in [0.29, 0.717) is 44.6 Å². The van der Waals surface area contributed by atoms with Crippen molar-refractivity contribution in [2.45, 2.75) is 6.61 Å². The summed E-state index contributed by atoms with van der Waals surface area (Å²) >= 11 is 0. The van der Waals surface area contributed by atoms with Crippen LogP contribution < -0.4 is 15.0 Å². The van der Waals surface area contributed by atoms with Crippen molar-refractivity contribution in [3.8, 4) is 22.8 Å². The second kappa shape index (κ2) is 9.26. The zero-order valence-electron chi connectivity index (χ0n) is 19.1. The number of aromatic nitrogens is 3. The molecule has 8 heteroatoms. The summed E-state index contributed by atoms with van der Waals surface area (Å²) in [5.41, 5.74) is 2.57. The van der Waals surface area contributed by atoms with E-state index in [1.807, 2.05) is 30.3 Å². The van der Waals surface area contributed by atoms with Gasteiger partial charge in [-0.05, 0) is 42.5 Å². The molecular formula is C27H21N3O5. The van der Waals surface area contributed by atoms with Gasteiger partial charge in [0.15, 0.2) is 11.5 Å². The molecule has 5 aromatic rings. The number of H-pyrrole nitrogens is 1. The summed E-state index contributed by atoms with van der Waals surface area (Å²) < 4.78 is 16.3. The van der Waals surface area contributed by atoms with Gasteiger partial charge in [-0.2, -0.15) is 0 Å². The third-order valence-corrected chi connectivity index (χ3v) is 5.62. The summed E-state index contributed by atoms with van der Waals surface area (Å²) in [6.45, 7) is -0.179. The Morgan fingerprint density at radius 2 is 1.51 bits per heavy atom. The molecule has 35 heavy (non-hydrogen) atoms. The van der Waals surface area contributed by atoms with Crippen LogP contribution in [0.4, 0.5) is 0 Å². The van der Waals surface area contributed by atoms with Crippen molar-refractivity contribution in [3.63, 3.8) is 0 Å². The molecule has 1 N–H and O–H groups in total. The van der Waals surface area contributed by atoms with E-state index >= 15 is 0 Å². The fourth-order valence-corrected chi connectivity index (χ4v) is 3.90. The first-order chi connectivity index (χ1) is 17.1. The normalized spacial score (nSPS) is 10.9. The quantitative estimate of drug-likeness (QED) is 0.366. The van der Waals surface area contributed by atoms with Crippen molar-refractivity contribution >= 4 is 27.8 Å². The van der Waals surface area contributed by atoms with Crippen LogP contribution >= 0.6 is 0 Å². The van der Waals surface area contributed by atoms with Gasteiger partial charge in [-0.1, -0.05) is 30.3 Å². The Morgan fingerprint density at radius 3 is 2.26 bits per heavy atom. The topological polar surface area (TPSA) is 103 Å². The van der Waals surface area contributed by atoms with Crippen molar-refractivity contribution in [1.29, 1.82) is 0 Å². The van der Waals surface area contributed by atoms with E-state index in [1.165, 1.54) is 0 Å². The molecule has 0 fully saturated rings. The average Bonchev–Trinajstić information content (AvgIpc) is 2.90. The molecular weight excluding hydrogens is 446 g/mol. The van der Waals surface area contributed by atoms with E-state index in [0.717, 1.165) is 5.56 Å². The molecule has 0 radical (unpaired) electrons. The van der Waals surface area contributed by atoms with E-state index in [1.54, 1.807) is 56.7 Å². The van der Waals surface area contributed by atoms with Crippen LogP contribution in [0.1, 0.15) is 16.2 Å². The molecule has 3 aromatic carbocycles. The number of nitrogens with zero attached hydrogens (tertiary/aromatic N) is 2. The van der Waals surface area contributed by atoms with Gasteiger partial charge in [-0.25, -0.2) is 14.8 Å². The third-order valence-electron chi connectivity index (χ3n) is 5.62. The summed E-state index contributed by atoms with van der Waals surface area (Å²) in [5, 5.41) is 1.13. The highest BCUT2D eigenvalue weighted by molar-refractivity contribution is 6.04. The number of ether oxygens (including phenoxy) is 3. The largest absolute Gasteiger partial charge is 0.493 e.